The summed E-state index contributed by atoms with van der Waals surface area (Å²) >= 11 is 0. The highest BCUT2D eigenvalue weighted by Crippen LogP contribution is 2.27. The zero-order valence-electron chi connectivity index (χ0n) is 13.9. The monoisotopic (exact) mass is 354 g/mol. The maximum atomic E-state index is 4.56. The van der Waals surface area contributed by atoms with Crippen molar-refractivity contribution in [1.29, 1.82) is 0 Å². The van der Waals surface area contributed by atoms with Crippen LogP contribution in [0.25, 0.3) is 39.1 Å². The van der Waals surface area contributed by atoms with Gasteiger partial charge >= 0.3 is 5.65 Å². The second kappa shape index (κ2) is 5.18. The standard InChI is InChI=1S/C18H11N9/c1-6-14-16(19-7-1)21-11-27(14)26-9-3-5-13-15(23-24-18(13)26)12-4-2-8-25-17(12)20-10-22-25/h1-11H/p+1. The third-order valence-corrected chi connectivity index (χ3v) is 4.60. The number of fused-ring (bicyclic) bond motifs is 3. The molecule has 27 heavy (non-hydrogen) atoms. The molecule has 0 aromatic carbocycles. The van der Waals surface area contributed by atoms with E-state index in [1.165, 1.54) is 0 Å². The third-order valence-electron chi connectivity index (χ3n) is 4.60. The Labute approximate surface area is 151 Å². The van der Waals surface area contributed by atoms with Crippen molar-refractivity contribution in [2.45, 2.75) is 0 Å². The van der Waals surface area contributed by atoms with Gasteiger partial charge in [-0.25, -0.2) is 19.5 Å². The number of imidazole rings is 1. The van der Waals surface area contributed by atoms with Gasteiger partial charge in [0, 0.05) is 18.0 Å². The Hall–Kier alpha value is -4.14. The van der Waals surface area contributed by atoms with Gasteiger partial charge in [0.25, 0.3) is 0 Å². The number of aromatic amines is 1. The van der Waals surface area contributed by atoms with Crippen LogP contribution in [0.2, 0.25) is 0 Å². The number of rotatable bonds is 2. The summed E-state index contributed by atoms with van der Waals surface area (Å²) in [7, 11) is 0. The second-order valence-electron chi connectivity index (χ2n) is 6.07. The maximum absolute atomic E-state index is 4.56. The first-order valence-electron chi connectivity index (χ1n) is 8.36. The van der Waals surface area contributed by atoms with Crippen LogP contribution in [-0.4, -0.2) is 39.4 Å². The van der Waals surface area contributed by atoms with Gasteiger partial charge in [-0.3, -0.25) is 0 Å². The highest BCUT2D eigenvalue weighted by Gasteiger charge is 2.22. The molecular formula is C18H12N9+. The maximum Gasteiger partial charge on any atom is 0.381 e. The Bertz CT molecular complexity index is 1440. The molecule has 0 amide bonds. The normalized spacial score (nSPS) is 11.7. The Morgan fingerprint density at radius 2 is 2.00 bits per heavy atom. The van der Waals surface area contributed by atoms with Gasteiger partial charge < -0.3 is 0 Å². The van der Waals surface area contributed by atoms with Gasteiger partial charge in [-0.1, -0.05) is 0 Å². The molecule has 6 rings (SSSR count). The van der Waals surface area contributed by atoms with Crippen LogP contribution < -0.4 is 4.68 Å². The molecule has 0 saturated heterocycles. The molecule has 9 heteroatoms. The molecule has 0 fully saturated rings. The van der Waals surface area contributed by atoms with E-state index < -0.39 is 0 Å². The minimum atomic E-state index is 0.686. The van der Waals surface area contributed by atoms with Crippen LogP contribution >= 0.6 is 0 Å². The van der Waals surface area contributed by atoms with Crippen molar-refractivity contribution in [3.63, 3.8) is 0 Å². The van der Waals surface area contributed by atoms with Gasteiger partial charge in [-0.15, -0.1) is 4.68 Å². The molecule has 0 aliphatic carbocycles. The molecule has 6 heterocycles. The summed E-state index contributed by atoms with van der Waals surface area (Å²) in [5, 5.41) is 12.9. The molecule has 0 radical (unpaired) electrons. The average molecular weight is 354 g/mol. The van der Waals surface area contributed by atoms with Gasteiger partial charge in [0.1, 0.15) is 35.4 Å². The summed E-state index contributed by atoms with van der Waals surface area (Å²) in [5.41, 5.74) is 4.96. The number of nitrogens with zero attached hydrogens (tertiary/aromatic N) is 8. The fraction of sp³-hybridized carbons (Fsp3) is 0. The lowest BCUT2D eigenvalue weighted by Crippen LogP contribution is -2.41. The topological polar surface area (TPSA) is 93.5 Å². The number of nitrogens with one attached hydrogen (secondary N) is 1. The summed E-state index contributed by atoms with van der Waals surface area (Å²) in [6, 6.07) is 11.8. The zero-order chi connectivity index (χ0) is 17.8. The van der Waals surface area contributed by atoms with Crippen molar-refractivity contribution in [1.82, 2.24) is 39.4 Å². The molecule has 6 aromatic heterocycles. The highest BCUT2D eigenvalue weighted by molar-refractivity contribution is 5.93. The Balaban J connectivity index is 1.63. The number of H-pyrrole nitrogens is 1. The SMILES string of the molecule is c1cnc2ncn(-[n+]3cccc4c(-c5cccn6ncnc56)[nH]nc43)c2c1. The zero-order valence-corrected chi connectivity index (χ0v) is 13.9. The summed E-state index contributed by atoms with van der Waals surface area (Å²) < 4.78 is 5.61. The van der Waals surface area contributed by atoms with E-state index >= 15 is 0 Å². The number of hydrogen-bond donors (Lipinski definition) is 1. The van der Waals surface area contributed by atoms with E-state index in [2.05, 4.69) is 30.2 Å². The van der Waals surface area contributed by atoms with E-state index in [0.29, 0.717) is 5.65 Å². The fourth-order valence-electron chi connectivity index (χ4n) is 3.40. The minimum Gasteiger partial charge on any atom is -0.235 e. The summed E-state index contributed by atoms with van der Waals surface area (Å²) in [5.74, 6) is 0. The van der Waals surface area contributed by atoms with E-state index in [4.69, 9.17) is 0 Å². The van der Waals surface area contributed by atoms with E-state index in [1.807, 2.05) is 58.1 Å². The van der Waals surface area contributed by atoms with Crippen LogP contribution in [0, 0.1) is 0 Å². The predicted molar refractivity (Wildman–Crippen MR) is 96.6 cm³/mol. The van der Waals surface area contributed by atoms with Gasteiger partial charge in [0.2, 0.25) is 0 Å². The van der Waals surface area contributed by atoms with Crippen molar-refractivity contribution in [3.05, 3.63) is 67.6 Å². The fourth-order valence-corrected chi connectivity index (χ4v) is 3.40. The Morgan fingerprint density at radius 1 is 1.00 bits per heavy atom. The van der Waals surface area contributed by atoms with Crippen molar-refractivity contribution in [2.24, 2.45) is 0 Å². The lowest BCUT2D eigenvalue weighted by molar-refractivity contribution is -0.701. The minimum absolute atomic E-state index is 0.686. The summed E-state index contributed by atoms with van der Waals surface area (Å²) in [6.45, 7) is 0. The predicted octanol–water partition coefficient (Wildman–Crippen LogP) is 1.62. The lowest BCUT2D eigenvalue weighted by Gasteiger charge is -2.02. The smallest absolute Gasteiger partial charge is 0.235 e. The van der Waals surface area contributed by atoms with Gasteiger partial charge in [-0.2, -0.15) is 14.9 Å². The van der Waals surface area contributed by atoms with Crippen LogP contribution in [0.3, 0.4) is 0 Å². The van der Waals surface area contributed by atoms with Gasteiger partial charge in [-0.05, 0) is 36.4 Å². The van der Waals surface area contributed by atoms with Crippen molar-refractivity contribution in [3.8, 4) is 11.3 Å². The quantitative estimate of drug-likeness (QED) is 0.477. The Morgan fingerprint density at radius 3 is 3.00 bits per heavy atom. The highest BCUT2D eigenvalue weighted by atomic mass is 15.5. The Kier molecular flexibility index (Phi) is 2.70. The van der Waals surface area contributed by atoms with E-state index in [-0.39, 0.29) is 0 Å². The van der Waals surface area contributed by atoms with Crippen molar-refractivity contribution < 1.29 is 4.68 Å². The first kappa shape index (κ1) is 14.1. The third kappa shape index (κ3) is 1.93. The summed E-state index contributed by atoms with van der Waals surface area (Å²) in [6.07, 6.45) is 8.83. The largest absolute Gasteiger partial charge is 0.381 e. The number of pyridine rings is 3. The van der Waals surface area contributed by atoms with E-state index in [0.717, 1.165) is 33.5 Å². The summed E-state index contributed by atoms with van der Waals surface area (Å²) in [4.78, 5) is 13.0. The first-order valence-corrected chi connectivity index (χ1v) is 8.36. The van der Waals surface area contributed by atoms with Crippen molar-refractivity contribution in [2.75, 3.05) is 0 Å². The molecule has 0 saturated carbocycles. The second-order valence-corrected chi connectivity index (χ2v) is 6.07. The number of aromatic nitrogens is 9. The first-order chi connectivity index (χ1) is 13.4. The van der Waals surface area contributed by atoms with Crippen LogP contribution in [0.5, 0.6) is 0 Å². The molecule has 9 nitrogen and oxygen atoms in total. The molecule has 0 bridgehead atoms. The van der Waals surface area contributed by atoms with Crippen LogP contribution in [-0.2, 0) is 0 Å². The van der Waals surface area contributed by atoms with Crippen LogP contribution in [0.4, 0.5) is 0 Å². The van der Waals surface area contributed by atoms with Crippen molar-refractivity contribution >= 4 is 27.8 Å². The molecule has 0 aliphatic heterocycles. The molecule has 1 N–H and O–H groups in total. The number of hydrogen-bond acceptors (Lipinski definition) is 5. The van der Waals surface area contributed by atoms with E-state index in [1.54, 1.807) is 23.4 Å². The lowest BCUT2D eigenvalue weighted by atomic mass is 10.1. The van der Waals surface area contributed by atoms with E-state index in [9.17, 15) is 0 Å². The molecule has 0 unspecified atom stereocenters. The molecule has 0 aliphatic rings. The average Bonchev–Trinajstić information content (AvgIpc) is 3.44. The molecule has 0 spiro atoms. The molecule has 128 valence electrons. The molecular weight excluding hydrogens is 342 g/mol. The van der Waals surface area contributed by atoms with Gasteiger partial charge in [0.05, 0.1) is 5.10 Å². The van der Waals surface area contributed by atoms with Gasteiger partial charge in [0.15, 0.2) is 11.3 Å². The van der Waals surface area contributed by atoms with Crippen LogP contribution in [0.1, 0.15) is 0 Å². The van der Waals surface area contributed by atoms with Crippen LogP contribution in [0.15, 0.2) is 67.6 Å². The molecule has 6 aromatic rings. The molecule has 0 atom stereocenters.